The second-order valence-corrected chi connectivity index (χ2v) is 4.82. The summed E-state index contributed by atoms with van der Waals surface area (Å²) in [5, 5.41) is 19.5. The molecule has 6 heteroatoms. The first-order valence-electron chi connectivity index (χ1n) is 5.98. The van der Waals surface area contributed by atoms with Crippen molar-refractivity contribution in [2.75, 3.05) is 0 Å². The van der Waals surface area contributed by atoms with Gasteiger partial charge in [0.1, 0.15) is 6.04 Å². The Kier molecular flexibility index (Phi) is 7.00. The molecular formula is C12H21NO5. The molecule has 18 heavy (non-hydrogen) atoms. The first-order valence-corrected chi connectivity index (χ1v) is 5.98. The van der Waals surface area contributed by atoms with E-state index in [-0.39, 0.29) is 6.42 Å². The zero-order chi connectivity index (χ0) is 14.3. The van der Waals surface area contributed by atoms with Crippen LogP contribution >= 0.6 is 0 Å². The third-order valence-corrected chi connectivity index (χ3v) is 2.98. The maximum atomic E-state index is 11.5. The first-order chi connectivity index (χ1) is 8.23. The number of carboxylic acids is 2. The molecule has 0 bridgehead atoms. The van der Waals surface area contributed by atoms with Crippen LogP contribution in [0.3, 0.4) is 0 Å². The van der Waals surface area contributed by atoms with Crippen LogP contribution < -0.4 is 5.32 Å². The molecule has 1 amide bonds. The Morgan fingerprint density at radius 2 is 1.67 bits per heavy atom. The van der Waals surface area contributed by atoms with Crippen molar-refractivity contribution < 1.29 is 24.6 Å². The molecule has 2 atom stereocenters. The summed E-state index contributed by atoms with van der Waals surface area (Å²) in [5.74, 6) is -2.19. The van der Waals surface area contributed by atoms with Gasteiger partial charge >= 0.3 is 11.9 Å². The standard InChI is InChI=1S/C12H21NO5/c1-7(2)8(3)4-5-10(14)13-9(12(17)18)6-11(15)16/h7-9H,4-6H2,1-3H3,(H,13,14)(H,15,16)(H,17,18). The average molecular weight is 259 g/mol. The van der Waals surface area contributed by atoms with E-state index < -0.39 is 30.3 Å². The number of amides is 1. The van der Waals surface area contributed by atoms with Crippen LogP contribution in [0.1, 0.15) is 40.0 Å². The molecule has 0 fully saturated rings. The molecule has 0 aromatic rings. The molecular weight excluding hydrogens is 238 g/mol. The minimum atomic E-state index is -1.36. The molecule has 0 aromatic heterocycles. The fourth-order valence-corrected chi connectivity index (χ4v) is 1.33. The van der Waals surface area contributed by atoms with Crippen molar-refractivity contribution in [2.24, 2.45) is 11.8 Å². The van der Waals surface area contributed by atoms with Gasteiger partial charge in [0.15, 0.2) is 0 Å². The lowest BCUT2D eigenvalue weighted by molar-refractivity contribution is -0.147. The Bertz CT molecular complexity index is 314. The maximum absolute atomic E-state index is 11.5. The van der Waals surface area contributed by atoms with E-state index in [2.05, 4.69) is 5.32 Å². The molecule has 0 heterocycles. The third kappa shape index (κ3) is 6.88. The van der Waals surface area contributed by atoms with Gasteiger partial charge in [0.25, 0.3) is 0 Å². The minimum absolute atomic E-state index is 0.211. The number of hydrogen-bond acceptors (Lipinski definition) is 3. The fourth-order valence-electron chi connectivity index (χ4n) is 1.33. The van der Waals surface area contributed by atoms with E-state index in [9.17, 15) is 14.4 Å². The van der Waals surface area contributed by atoms with E-state index in [1.807, 2.05) is 20.8 Å². The number of nitrogens with one attached hydrogen (secondary N) is 1. The number of carbonyl (C=O) groups is 3. The van der Waals surface area contributed by atoms with Crippen LogP contribution in [0.5, 0.6) is 0 Å². The molecule has 0 spiro atoms. The van der Waals surface area contributed by atoms with Gasteiger partial charge < -0.3 is 15.5 Å². The zero-order valence-electron chi connectivity index (χ0n) is 11.0. The van der Waals surface area contributed by atoms with Crippen LogP contribution in [0.15, 0.2) is 0 Å². The van der Waals surface area contributed by atoms with Crippen molar-refractivity contribution >= 4 is 17.8 Å². The Hall–Kier alpha value is -1.59. The van der Waals surface area contributed by atoms with Crippen LogP contribution in [-0.2, 0) is 14.4 Å². The Morgan fingerprint density at radius 3 is 2.06 bits per heavy atom. The normalized spacial score (nSPS) is 14.0. The molecule has 3 N–H and O–H groups in total. The molecule has 0 aliphatic rings. The predicted octanol–water partition coefficient (Wildman–Crippen LogP) is 1.10. The minimum Gasteiger partial charge on any atom is -0.481 e. The van der Waals surface area contributed by atoms with E-state index in [0.29, 0.717) is 18.3 Å². The summed E-state index contributed by atoms with van der Waals surface area (Å²) in [7, 11) is 0. The van der Waals surface area contributed by atoms with Gasteiger partial charge in [0.2, 0.25) is 5.91 Å². The summed E-state index contributed by atoms with van der Waals surface area (Å²) in [5.41, 5.74) is 0. The van der Waals surface area contributed by atoms with Crippen LogP contribution in [0.25, 0.3) is 0 Å². The van der Waals surface area contributed by atoms with Gasteiger partial charge in [-0.05, 0) is 18.3 Å². The first kappa shape index (κ1) is 16.4. The van der Waals surface area contributed by atoms with Crippen molar-refractivity contribution in [1.82, 2.24) is 5.32 Å². The molecule has 2 unspecified atom stereocenters. The number of rotatable bonds is 8. The highest BCUT2D eigenvalue weighted by Crippen LogP contribution is 2.15. The quantitative estimate of drug-likeness (QED) is 0.605. The van der Waals surface area contributed by atoms with E-state index in [1.54, 1.807) is 0 Å². The molecule has 0 aliphatic heterocycles. The zero-order valence-corrected chi connectivity index (χ0v) is 11.0. The number of carbonyl (C=O) groups excluding carboxylic acids is 1. The van der Waals surface area contributed by atoms with Crippen molar-refractivity contribution in [3.05, 3.63) is 0 Å². The lowest BCUT2D eigenvalue weighted by Crippen LogP contribution is -2.42. The SMILES string of the molecule is CC(C)C(C)CCC(=O)NC(CC(=O)O)C(=O)O. The smallest absolute Gasteiger partial charge is 0.326 e. The highest BCUT2D eigenvalue weighted by molar-refractivity contribution is 5.86. The van der Waals surface area contributed by atoms with Gasteiger partial charge in [-0.2, -0.15) is 0 Å². The third-order valence-electron chi connectivity index (χ3n) is 2.98. The van der Waals surface area contributed by atoms with E-state index >= 15 is 0 Å². The van der Waals surface area contributed by atoms with Gasteiger partial charge in [0, 0.05) is 6.42 Å². The number of aliphatic carboxylic acids is 2. The van der Waals surface area contributed by atoms with Crippen molar-refractivity contribution in [2.45, 2.75) is 46.1 Å². The lowest BCUT2D eigenvalue weighted by Gasteiger charge is -2.16. The lowest BCUT2D eigenvalue weighted by atomic mass is 9.93. The van der Waals surface area contributed by atoms with Crippen LogP contribution in [0.2, 0.25) is 0 Å². The van der Waals surface area contributed by atoms with E-state index in [0.717, 1.165) is 0 Å². The summed E-state index contributed by atoms with van der Waals surface area (Å²) in [6, 6.07) is -1.36. The molecule has 0 saturated carbocycles. The average Bonchev–Trinajstić information content (AvgIpc) is 2.23. The number of carboxylic acid groups (broad SMARTS) is 2. The van der Waals surface area contributed by atoms with Crippen molar-refractivity contribution in [3.63, 3.8) is 0 Å². The highest BCUT2D eigenvalue weighted by atomic mass is 16.4. The molecule has 104 valence electrons. The molecule has 0 saturated heterocycles. The second kappa shape index (κ2) is 7.68. The molecule has 6 nitrogen and oxygen atoms in total. The highest BCUT2D eigenvalue weighted by Gasteiger charge is 2.23. The van der Waals surface area contributed by atoms with Crippen molar-refractivity contribution in [1.29, 1.82) is 0 Å². The summed E-state index contributed by atoms with van der Waals surface area (Å²) >= 11 is 0. The summed E-state index contributed by atoms with van der Waals surface area (Å²) in [4.78, 5) is 32.7. The molecule has 0 rings (SSSR count). The van der Waals surface area contributed by atoms with E-state index in [1.165, 1.54) is 0 Å². The largest absolute Gasteiger partial charge is 0.481 e. The summed E-state index contributed by atoms with van der Waals surface area (Å²) in [6.07, 6.45) is 0.256. The van der Waals surface area contributed by atoms with Gasteiger partial charge in [-0.25, -0.2) is 4.79 Å². The van der Waals surface area contributed by atoms with Gasteiger partial charge in [-0.15, -0.1) is 0 Å². The monoisotopic (exact) mass is 259 g/mol. The fraction of sp³-hybridized carbons (Fsp3) is 0.750. The molecule has 0 radical (unpaired) electrons. The summed E-state index contributed by atoms with van der Waals surface area (Å²) in [6.45, 7) is 6.12. The Balaban J connectivity index is 4.18. The van der Waals surface area contributed by atoms with Crippen LogP contribution in [0, 0.1) is 11.8 Å². The predicted molar refractivity (Wildman–Crippen MR) is 65.1 cm³/mol. The molecule has 0 aromatic carbocycles. The topological polar surface area (TPSA) is 104 Å². The maximum Gasteiger partial charge on any atom is 0.326 e. The Morgan fingerprint density at radius 1 is 1.11 bits per heavy atom. The Labute approximate surface area is 106 Å². The van der Waals surface area contributed by atoms with Gasteiger partial charge in [0.05, 0.1) is 6.42 Å². The summed E-state index contributed by atoms with van der Waals surface area (Å²) < 4.78 is 0. The van der Waals surface area contributed by atoms with Gasteiger partial charge in [-0.1, -0.05) is 20.8 Å². The second-order valence-electron chi connectivity index (χ2n) is 4.82. The van der Waals surface area contributed by atoms with Crippen molar-refractivity contribution in [3.8, 4) is 0 Å². The van der Waals surface area contributed by atoms with Gasteiger partial charge in [-0.3, -0.25) is 9.59 Å². The van der Waals surface area contributed by atoms with Crippen LogP contribution in [0.4, 0.5) is 0 Å². The number of hydrogen-bond donors (Lipinski definition) is 3. The van der Waals surface area contributed by atoms with Crippen LogP contribution in [-0.4, -0.2) is 34.1 Å². The van der Waals surface area contributed by atoms with E-state index in [4.69, 9.17) is 10.2 Å². The molecule has 0 aliphatic carbocycles.